The number of nitrogens with two attached hydrogens (primary N) is 1. The third-order valence-corrected chi connectivity index (χ3v) is 3.53. The first-order chi connectivity index (χ1) is 7.13. The zero-order valence-electron chi connectivity index (χ0n) is 8.42. The first-order valence-electron chi connectivity index (χ1n) is 4.80. The molecule has 1 aliphatic carbocycles. The molecule has 4 heteroatoms. The van der Waals surface area contributed by atoms with Crippen LogP contribution in [0.1, 0.15) is 34.7 Å². The molecule has 0 aromatic heterocycles. The Balaban J connectivity index is 2.42. The predicted molar refractivity (Wildman–Crippen MR) is 66.9 cm³/mol. The Morgan fingerprint density at radius 1 is 1.53 bits per heavy atom. The molecule has 15 heavy (non-hydrogen) atoms. The van der Waals surface area contributed by atoms with E-state index in [4.69, 9.17) is 5.73 Å². The van der Waals surface area contributed by atoms with Gasteiger partial charge in [0.25, 0.3) is 0 Å². The van der Waals surface area contributed by atoms with E-state index >= 15 is 0 Å². The molecule has 1 aromatic rings. The van der Waals surface area contributed by atoms with E-state index in [1.807, 2.05) is 12.1 Å². The molecule has 0 amide bonds. The van der Waals surface area contributed by atoms with Gasteiger partial charge in [-0.15, -0.1) is 0 Å². The minimum Gasteiger partial charge on any atom is -0.465 e. The van der Waals surface area contributed by atoms with Gasteiger partial charge in [0, 0.05) is 9.26 Å². The van der Waals surface area contributed by atoms with Crippen LogP contribution in [-0.4, -0.2) is 13.1 Å². The molecule has 0 atom stereocenters. The lowest BCUT2D eigenvalue weighted by molar-refractivity contribution is 0.0602. The number of hydrogen-bond acceptors (Lipinski definition) is 3. The minimum absolute atomic E-state index is 0.368. The van der Waals surface area contributed by atoms with Crippen molar-refractivity contribution in [1.82, 2.24) is 0 Å². The summed E-state index contributed by atoms with van der Waals surface area (Å²) in [6.45, 7) is 0. The Hall–Kier alpha value is -0.780. The zero-order chi connectivity index (χ0) is 11.0. The van der Waals surface area contributed by atoms with Gasteiger partial charge in [0.05, 0.1) is 12.7 Å². The number of benzene rings is 1. The molecule has 0 unspecified atom stereocenters. The molecule has 0 saturated heterocycles. The van der Waals surface area contributed by atoms with Crippen LogP contribution in [0.3, 0.4) is 0 Å². The van der Waals surface area contributed by atoms with Gasteiger partial charge in [-0.1, -0.05) is 0 Å². The van der Waals surface area contributed by atoms with Crippen molar-refractivity contribution in [2.75, 3.05) is 12.8 Å². The summed E-state index contributed by atoms with van der Waals surface area (Å²) in [6.07, 6.45) is 2.46. The average Bonchev–Trinajstić information content (AvgIpc) is 3.03. The molecular formula is C11H12INO2. The highest BCUT2D eigenvalue weighted by molar-refractivity contribution is 14.1. The van der Waals surface area contributed by atoms with E-state index in [2.05, 4.69) is 27.3 Å². The highest BCUT2D eigenvalue weighted by Gasteiger charge is 2.27. The topological polar surface area (TPSA) is 52.3 Å². The van der Waals surface area contributed by atoms with Crippen LogP contribution in [0.15, 0.2) is 12.1 Å². The maximum absolute atomic E-state index is 11.4. The van der Waals surface area contributed by atoms with Crippen LogP contribution in [0.5, 0.6) is 0 Å². The van der Waals surface area contributed by atoms with E-state index in [1.165, 1.54) is 25.5 Å². The maximum Gasteiger partial charge on any atom is 0.339 e. The van der Waals surface area contributed by atoms with Crippen molar-refractivity contribution in [2.45, 2.75) is 18.8 Å². The highest BCUT2D eigenvalue weighted by Crippen LogP contribution is 2.43. The van der Waals surface area contributed by atoms with Crippen molar-refractivity contribution < 1.29 is 9.53 Å². The second-order valence-electron chi connectivity index (χ2n) is 3.73. The second kappa shape index (κ2) is 4.00. The van der Waals surface area contributed by atoms with Gasteiger partial charge in [-0.3, -0.25) is 0 Å². The molecule has 1 fully saturated rings. The van der Waals surface area contributed by atoms with Crippen LogP contribution in [0.4, 0.5) is 5.69 Å². The molecule has 2 rings (SSSR count). The summed E-state index contributed by atoms with van der Waals surface area (Å²) in [5.41, 5.74) is 8.07. The van der Waals surface area contributed by atoms with Crippen molar-refractivity contribution in [3.8, 4) is 0 Å². The van der Waals surface area contributed by atoms with Crippen molar-refractivity contribution in [3.05, 3.63) is 26.8 Å². The summed E-state index contributed by atoms with van der Waals surface area (Å²) in [4.78, 5) is 11.4. The Kier molecular flexibility index (Phi) is 2.86. The number of halogens is 1. The van der Waals surface area contributed by atoms with Crippen LogP contribution in [0.2, 0.25) is 0 Å². The number of hydrogen-bond donors (Lipinski definition) is 1. The van der Waals surface area contributed by atoms with E-state index in [0.29, 0.717) is 17.2 Å². The quantitative estimate of drug-likeness (QED) is 0.518. The third-order valence-electron chi connectivity index (χ3n) is 2.59. The van der Waals surface area contributed by atoms with Crippen molar-refractivity contribution in [1.29, 1.82) is 0 Å². The van der Waals surface area contributed by atoms with Crippen LogP contribution in [0.25, 0.3) is 0 Å². The summed E-state index contributed by atoms with van der Waals surface area (Å²) >= 11 is 2.24. The van der Waals surface area contributed by atoms with Gasteiger partial charge in [-0.2, -0.15) is 0 Å². The van der Waals surface area contributed by atoms with Gasteiger partial charge < -0.3 is 10.5 Å². The Morgan fingerprint density at radius 3 is 2.73 bits per heavy atom. The molecule has 0 spiro atoms. The lowest BCUT2D eigenvalue weighted by Gasteiger charge is -2.08. The van der Waals surface area contributed by atoms with E-state index in [1.54, 1.807) is 0 Å². The Bertz CT molecular complexity index is 413. The summed E-state index contributed by atoms with van der Waals surface area (Å²) in [5.74, 6) is 0.277. The SMILES string of the molecule is COC(=O)c1cc(I)c(C2CC2)cc1N. The molecule has 1 aromatic carbocycles. The van der Waals surface area contributed by atoms with E-state index in [0.717, 1.165) is 3.57 Å². The van der Waals surface area contributed by atoms with Gasteiger partial charge in [0.2, 0.25) is 0 Å². The van der Waals surface area contributed by atoms with E-state index in [9.17, 15) is 4.79 Å². The second-order valence-corrected chi connectivity index (χ2v) is 4.89. The largest absolute Gasteiger partial charge is 0.465 e. The fraction of sp³-hybridized carbons (Fsp3) is 0.364. The fourth-order valence-electron chi connectivity index (χ4n) is 1.60. The molecule has 0 heterocycles. The lowest BCUT2D eigenvalue weighted by atomic mass is 10.1. The fourth-order valence-corrected chi connectivity index (χ4v) is 2.51. The number of ether oxygens (including phenoxy) is 1. The van der Waals surface area contributed by atoms with Gasteiger partial charge in [0.1, 0.15) is 0 Å². The molecule has 80 valence electrons. The summed E-state index contributed by atoms with van der Waals surface area (Å²) in [7, 11) is 1.36. The summed E-state index contributed by atoms with van der Waals surface area (Å²) < 4.78 is 5.77. The van der Waals surface area contributed by atoms with Crippen LogP contribution in [0, 0.1) is 3.57 Å². The monoisotopic (exact) mass is 317 g/mol. The van der Waals surface area contributed by atoms with Crippen molar-refractivity contribution in [2.24, 2.45) is 0 Å². The van der Waals surface area contributed by atoms with Gasteiger partial charge in [-0.05, 0) is 59.0 Å². The predicted octanol–water partition coefficient (Wildman–Crippen LogP) is 2.54. The standard InChI is InChI=1S/C11H12INO2/c1-15-11(14)8-4-9(12)7(5-10(8)13)6-2-3-6/h4-6H,2-3,13H2,1H3. The number of carbonyl (C=O) groups is 1. The maximum atomic E-state index is 11.4. The molecule has 0 aliphatic heterocycles. The molecule has 0 bridgehead atoms. The Morgan fingerprint density at radius 2 is 2.20 bits per heavy atom. The molecule has 1 aliphatic rings. The highest BCUT2D eigenvalue weighted by atomic mass is 127. The number of methoxy groups -OCH3 is 1. The first kappa shape index (κ1) is 10.7. The summed E-state index contributed by atoms with van der Waals surface area (Å²) in [5, 5.41) is 0. The summed E-state index contributed by atoms with van der Waals surface area (Å²) in [6, 6.07) is 3.72. The molecule has 2 N–H and O–H groups in total. The molecule has 3 nitrogen and oxygen atoms in total. The van der Waals surface area contributed by atoms with E-state index in [-0.39, 0.29) is 5.97 Å². The number of rotatable bonds is 2. The van der Waals surface area contributed by atoms with Crippen molar-refractivity contribution >= 4 is 34.2 Å². The van der Waals surface area contributed by atoms with Crippen molar-refractivity contribution in [3.63, 3.8) is 0 Å². The molecule has 1 saturated carbocycles. The van der Waals surface area contributed by atoms with Gasteiger partial charge in [-0.25, -0.2) is 4.79 Å². The smallest absolute Gasteiger partial charge is 0.339 e. The zero-order valence-corrected chi connectivity index (χ0v) is 10.6. The van der Waals surface area contributed by atoms with Gasteiger partial charge in [0.15, 0.2) is 0 Å². The molecular weight excluding hydrogens is 305 g/mol. The minimum atomic E-state index is -0.368. The number of carbonyl (C=O) groups excluding carboxylic acids is 1. The van der Waals surface area contributed by atoms with Crippen LogP contribution in [-0.2, 0) is 4.74 Å². The Labute approximate surface area is 102 Å². The molecule has 0 radical (unpaired) electrons. The van der Waals surface area contributed by atoms with Crippen LogP contribution >= 0.6 is 22.6 Å². The average molecular weight is 317 g/mol. The lowest BCUT2D eigenvalue weighted by Crippen LogP contribution is -2.07. The normalized spacial score (nSPS) is 15.1. The van der Waals surface area contributed by atoms with Gasteiger partial charge >= 0.3 is 5.97 Å². The number of esters is 1. The number of anilines is 1. The van der Waals surface area contributed by atoms with E-state index < -0.39 is 0 Å². The van der Waals surface area contributed by atoms with Crippen LogP contribution < -0.4 is 5.73 Å². The number of nitrogen functional groups attached to an aromatic ring is 1. The first-order valence-corrected chi connectivity index (χ1v) is 5.88. The third kappa shape index (κ3) is 2.09.